The minimum absolute atomic E-state index is 0.209. The van der Waals surface area contributed by atoms with Crippen molar-refractivity contribution >= 4 is 28.2 Å². The van der Waals surface area contributed by atoms with Gasteiger partial charge in [-0.1, -0.05) is 35.9 Å². The number of carbonyl (C=O) groups is 2. The fourth-order valence-electron chi connectivity index (χ4n) is 3.51. The van der Waals surface area contributed by atoms with E-state index in [4.69, 9.17) is 4.74 Å². The molecule has 0 spiro atoms. The maximum Gasteiger partial charge on any atom is 0.341 e. The number of fused-ring (bicyclic) bond motifs is 1. The van der Waals surface area contributed by atoms with Crippen LogP contribution in [0, 0.1) is 0 Å². The highest BCUT2D eigenvalue weighted by Crippen LogP contribution is 2.42. The molecule has 1 amide bonds. The number of benzene rings is 1. The molecule has 0 aliphatic heterocycles. The van der Waals surface area contributed by atoms with Crippen LogP contribution >= 0.6 is 11.3 Å². The van der Waals surface area contributed by atoms with Gasteiger partial charge < -0.3 is 10.1 Å². The molecule has 4 nitrogen and oxygen atoms in total. The number of allylic oxidation sites excluding steroid dienone is 1. The van der Waals surface area contributed by atoms with Crippen LogP contribution in [0.25, 0.3) is 0 Å². The molecule has 1 aliphatic rings. The molecule has 1 aliphatic carbocycles. The molecular formula is C22H25NO3S. The molecule has 1 N–H and O–H groups in total. The van der Waals surface area contributed by atoms with Gasteiger partial charge in [0.15, 0.2) is 0 Å². The Morgan fingerprint density at radius 2 is 2.00 bits per heavy atom. The molecule has 142 valence electrons. The summed E-state index contributed by atoms with van der Waals surface area (Å²) in [6.45, 7) is 5.85. The lowest BCUT2D eigenvalue weighted by molar-refractivity contribution is -0.111. The van der Waals surface area contributed by atoms with Crippen LogP contribution in [0.2, 0.25) is 0 Å². The first-order valence-corrected chi connectivity index (χ1v) is 10.1. The predicted molar refractivity (Wildman–Crippen MR) is 110 cm³/mol. The fourth-order valence-corrected chi connectivity index (χ4v) is 4.83. The zero-order chi connectivity index (χ0) is 19.4. The van der Waals surface area contributed by atoms with Crippen LogP contribution < -0.4 is 5.32 Å². The Labute approximate surface area is 164 Å². The number of amides is 1. The van der Waals surface area contributed by atoms with Gasteiger partial charge in [0, 0.05) is 11.0 Å². The molecule has 0 bridgehead atoms. The van der Waals surface area contributed by atoms with Crippen LogP contribution in [0.1, 0.15) is 59.5 Å². The van der Waals surface area contributed by atoms with Crippen molar-refractivity contribution < 1.29 is 14.3 Å². The van der Waals surface area contributed by atoms with E-state index in [2.05, 4.69) is 29.6 Å². The molecule has 0 saturated heterocycles. The van der Waals surface area contributed by atoms with E-state index in [0.717, 1.165) is 30.4 Å². The van der Waals surface area contributed by atoms with Crippen LogP contribution in [0.4, 0.5) is 5.00 Å². The number of anilines is 1. The summed E-state index contributed by atoms with van der Waals surface area (Å²) in [4.78, 5) is 26.0. The second kappa shape index (κ2) is 8.53. The Balaban J connectivity index is 1.93. The van der Waals surface area contributed by atoms with E-state index in [0.29, 0.717) is 23.1 Å². The van der Waals surface area contributed by atoms with Crippen molar-refractivity contribution in [2.24, 2.45) is 0 Å². The monoisotopic (exact) mass is 383 g/mol. The predicted octanol–water partition coefficient (Wildman–Crippen LogP) is 5.10. The van der Waals surface area contributed by atoms with E-state index in [-0.39, 0.29) is 11.9 Å². The van der Waals surface area contributed by atoms with E-state index in [1.165, 1.54) is 21.8 Å². The zero-order valence-electron chi connectivity index (χ0n) is 16.0. The van der Waals surface area contributed by atoms with E-state index < -0.39 is 0 Å². The third-order valence-corrected chi connectivity index (χ3v) is 5.84. The van der Waals surface area contributed by atoms with E-state index in [1.54, 1.807) is 13.0 Å². The SMILES string of the molecule is CCOC(=O)c1c(NC(=O)C=C(C)C)sc2c1CC[C@H](c1ccccc1)C2. The Morgan fingerprint density at radius 1 is 1.26 bits per heavy atom. The minimum atomic E-state index is -0.347. The van der Waals surface area contributed by atoms with Crippen LogP contribution in [0.15, 0.2) is 42.0 Å². The van der Waals surface area contributed by atoms with Crippen molar-refractivity contribution in [3.05, 3.63) is 63.5 Å². The lowest BCUT2D eigenvalue weighted by Gasteiger charge is -2.23. The molecule has 1 aromatic heterocycles. The number of carbonyl (C=O) groups excluding carboxylic acids is 2. The summed E-state index contributed by atoms with van der Waals surface area (Å²) in [7, 11) is 0. The largest absolute Gasteiger partial charge is 0.462 e. The van der Waals surface area contributed by atoms with Crippen molar-refractivity contribution in [1.29, 1.82) is 0 Å². The fraction of sp³-hybridized carbons (Fsp3) is 0.364. The summed E-state index contributed by atoms with van der Waals surface area (Å²) in [6.07, 6.45) is 4.23. The number of rotatable bonds is 5. The first-order valence-electron chi connectivity index (χ1n) is 9.32. The second-order valence-corrected chi connectivity index (χ2v) is 8.09. The van der Waals surface area contributed by atoms with Crippen LogP contribution in [-0.2, 0) is 22.4 Å². The topological polar surface area (TPSA) is 55.4 Å². The summed E-state index contributed by atoms with van der Waals surface area (Å²) in [5.41, 5.74) is 3.82. The van der Waals surface area contributed by atoms with Crippen LogP contribution in [0.3, 0.4) is 0 Å². The van der Waals surface area contributed by atoms with Gasteiger partial charge in [0.25, 0.3) is 0 Å². The minimum Gasteiger partial charge on any atom is -0.462 e. The third kappa shape index (κ3) is 4.48. The Hall–Kier alpha value is -2.40. The molecule has 0 radical (unpaired) electrons. The maximum absolute atomic E-state index is 12.6. The summed E-state index contributed by atoms with van der Waals surface area (Å²) in [6, 6.07) is 10.5. The highest BCUT2D eigenvalue weighted by atomic mass is 32.1. The molecule has 27 heavy (non-hydrogen) atoms. The van der Waals surface area contributed by atoms with E-state index in [9.17, 15) is 9.59 Å². The van der Waals surface area contributed by atoms with Gasteiger partial charge >= 0.3 is 5.97 Å². The Kier molecular flexibility index (Phi) is 6.11. The standard InChI is InChI=1S/C22H25NO3S/c1-4-26-22(25)20-17-11-10-16(15-8-6-5-7-9-15)13-18(17)27-21(20)23-19(24)12-14(2)3/h5-9,12,16H,4,10-11,13H2,1-3H3,(H,23,24)/t16-/m0/s1. The molecule has 1 aromatic carbocycles. The maximum atomic E-state index is 12.6. The van der Waals surface area contributed by atoms with Crippen LogP contribution in [0.5, 0.6) is 0 Å². The van der Waals surface area contributed by atoms with Crippen LogP contribution in [-0.4, -0.2) is 18.5 Å². The zero-order valence-corrected chi connectivity index (χ0v) is 16.8. The average molecular weight is 384 g/mol. The van der Waals surface area contributed by atoms with Gasteiger partial charge in [-0.2, -0.15) is 0 Å². The van der Waals surface area contributed by atoms with E-state index >= 15 is 0 Å². The first-order chi connectivity index (χ1) is 13.0. The lowest BCUT2D eigenvalue weighted by atomic mass is 9.83. The molecule has 5 heteroatoms. The van der Waals surface area contributed by atoms with Crippen molar-refractivity contribution in [1.82, 2.24) is 0 Å². The molecule has 1 atom stereocenters. The third-order valence-electron chi connectivity index (χ3n) is 4.67. The number of nitrogens with one attached hydrogen (secondary N) is 1. The van der Waals surface area contributed by atoms with Gasteiger partial charge in [-0.05, 0) is 57.1 Å². The number of thiophene rings is 1. The summed E-state index contributed by atoms with van der Waals surface area (Å²) < 4.78 is 5.27. The molecule has 3 rings (SSSR count). The van der Waals surface area contributed by atoms with E-state index in [1.807, 2.05) is 19.9 Å². The van der Waals surface area contributed by atoms with Gasteiger partial charge in [0.1, 0.15) is 5.00 Å². The van der Waals surface area contributed by atoms with Crippen molar-refractivity contribution in [3.63, 3.8) is 0 Å². The van der Waals surface area contributed by atoms with Gasteiger partial charge in [0.2, 0.25) is 5.91 Å². The number of ether oxygens (including phenoxy) is 1. The Morgan fingerprint density at radius 3 is 2.67 bits per heavy atom. The molecular weight excluding hydrogens is 358 g/mol. The summed E-state index contributed by atoms with van der Waals surface area (Å²) in [5, 5.41) is 3.50. The lowest BCUT2D eigenvalue weighted by Crippen LogP contribution is -2.16. The second-order valence-electron chi connectivity index (χ2n) is 6.99. The quantitative estimate of drug-likeness (QED) is 0.577. The molecule has 0 fully saturated rings. The number of hydrogen-bond acceptors (Lipinski definition) is 4. The van der Waals surface area contributed by atoms with Gasteiger partial charge in [0.05, 0.1) is 12.2 Å². The first kappa shape index (κ1) is 19.4. The average Bonchev–Trinajstić information content (AvgIpc) is 2.98. The molecule has 2 aromatic rings. The molecule has 1 heterocycles. The number of hydrogen-bond donors (Lipinski definition) is 1. The highest BCUT2D eigenvalue weighted by molar-refractivity contribution is 7.17. The van der Waals surface area contributed by atoms with Crippen molar-refractivity contribution in [3.8, 4) is 0 Å². The van der Waals surface area contributed by atoms with Gasteiger partial charge in [-0.25, -0.2) is 4.79 Å². The number of esters is 1. The highest BCUT2D eigenvalue weighted by Gasteiger charge is 2.30. The Bertz CT molecular complexity index is 863. The molecule has 0 saturated carbocycles. The molecule has 0 unspecified atom stereocenters. The summed E-state index contributed by atoms with van der Waals surface area (Å²) in [5.74, 6) is -0.117. The van der Waals surface area contributed by atoms with Gasteiger partial charge in [-0.15, -0.1) is 11.3 Å². The normalized spacial score (nSPS) is 15.6. The van der Waals surface area contributed by atoms with Crippen molar-refractivity contribution in [2.75, 3.05) is 11.9 Å². The summed E-state index contributed by atoms with van der Waals surface area (Å²) >= 11 is 1.51. The smallest absolute Gasteiger partial charge is 0.341 e. The van der Waals surface area contributed by atoms with Gasteiger partial charge in [-0.3, -0.25) is 4.79 Å². The van der Waals surface area contributed by atoms with Crippen molar-refractivity contribution in [2.45, 2.75) is 46.0 Å².